The average molecular weight is 425 g/mol. The second-order valence-corrected chi connectivity index (χ2v) is 10.6. The Bertz CT molecular complexity index is 753. The van der Waals surface area contributed by atoms with Crippen LogP contribution in [0.2, 0.25) is 0 Å². The number of anilines is 1. The SMILES string of the molecule is O=C(CCN1CCN(c2ccccc2)CC1)NNC(=O)CC12CC3CC(CC(C3)C1)C2. The molecule has 1 aromatic rings. The lowest BCUT2D eigenvalue weighted by molar-refractivity contribution is -0.134. The summed E-state index contributed by atoms with van der Waals surface area (Å²) >= 11 is 0. The van der Waals surface area contributed by atoms with Gasteiger partial charge in [0.25, 0.3) is 0 Å². The number of carbonyl (C=O) groups is 2. The average Bonchev–Trinajstić information content (AvgIpc) is 2.76. The molecule has 0 atom stereocenters. The summed E-state index contributed by atoms with van der Waals surface area (Å²) in [6.45, 7) is 4.61. The molecule has 0 aromatic heterocycles. The van der Waals surface area contributed by atoms with Gasteiger partial charge < -0.3 is 4.90 Å². The van der Waals surface area contributed by atoms with Gasteiger partial charge >= 0.3 is 0 Å². The highest BCUT2D eigenvalue weighted by Crippen LogP contribution is 2.61. The zero-order chi connectivity index (χ0) is 21.3. The number of amides is 2. The third-order valence-electron chi connectivity index (χ3n) is 8.19. The Hall–Kier alpha value is -2.08. The molecule has 1 heterocycles. The first-order chi connectivity index (χ1) is 15.1. The molecule has 0 radical (unpaired) electrons. The van der Waals surface area contributed by atoms with Gasteiger partial charge in [-0.1, -0.05) is 18.2 Å². The van der Waals surface area contributed by atoms with E-state index < -0.39 is 0 Å². The molecule has 4 bridgehead atoms. The summed E-state index contributed by atoms with van der Waals surface area (Å²) in [6.07, 6.45) is 8.81. The minimum atomic E-state index is -0.0932. The van der Waals surface area contributed by atoms with E-state index in [0.29, 0.717) is 12.8 Å². The van der Waals surface area contributed by atoms with Crippen molar-refractivity contribution in [3.63, 3.8) is 0 Å². The van der Waals surface area contributed by atoms with Crippen molar-refractivity contribution in [3.05, 3.63) is 30.3 Å². The molecule has 5 fully saturated rings. The summed E-state index contributed by atoms with van der Waals surface area (Å²) in [4.78, 5) is 29.6. The largest absolute Gasteiger partial charge is 0.369 e. The number of carbonyl (C=O) groups excluding carboxylic acids is 2. The molecule has 0 unspecified atom stereocenters. The maximum absolute atomic E-state index is 12.6. The molecule has 2 amide bonds. The summed E-state index contributed by atoms with van der Waals surface area (Å²) in [5.41, 5.74) is 6.85. The second-order valence-electron chi connectivity index (χ2n) is 10.6. The van der Waals surface area contributed by atoms with Crippen LogP contribution in [0.1, 0.15) is 51.4 Å². The van der Waals surface area contributed by atoms with Gasteiger partial charge in [-0.2, -0.15) is 0 Å². The summed E-state index contributed by atoms with van der Waals surface area (Å²) in [5, 5.41) is 0. The number of hydrogen-bond acceptors (Lipinski definition) is 4. The first-order valence-electron chi connectivity index (χ1n) is 12.2. The Labute approximate surface area is 185 Å². The van der Waals surface area contributed by atoms with Crippen LogP contribution in [0.25, 0.3) is 0 Å². The summed E-state index contributed by atoms with van der Waals surface area (Å²) in [6, 6.07) is 10.5. The quantitative estimate of drug-likeness (QED) is 0.689. The van der Waals surface area contributed by atoms with E-state index in [1.165, 1.54) is 44.2 Å². The Kier molecular flexibility index (Phi) is 5.91. The molecular formula is C25H36N4O2. The molecule has 6 heteroatoms. The van der Waals surface area contributed by atoms with E-state index in [0.717, 1.165) is 50.5 Å². The van der Waals surface area contributed by atoms with Crippen LogP contribution < -0.4 is 15.8 Å². The van der Waals surface area contributed by atoms with Gasteiger partial charge in [0, 0.05) is 51.3 Å². The molecule has 31 heavy (non-hydrogen) atoms. The first-order valence-corrected chi connectivity index (χ1v) is 12.2. The Morgan fingerprint density at radius 2 is 1.42 bits per heavy atom. The van der Waals surface area contributed by atoms with Crippen molar-refractivity contribution in [3.8, 4) is 0 Å². The molecule has 5 aliphatic rings. The number of para-hydroxylation sites is 1. The molecule has 4 saturated carbocycles. The van der Waals surface area contributed by atoms with Gasteiger partial charge in [0.1, 0.15) is 0 Å². The van der Waals surface area contributed by atoms with Crippen molar-refractivity contribution in [2.75, 3.05) is 37.6 Å². The molecule has 0 spiro atoms. The number of hydrogen-bond donors (Lipinski definition) is 2. The molecule has 1 saturated heterocycles. The van der Waals surface area contributed by atoms with Crippen LogP contribution in [-0.4, -0.2) is 49.4 Å². The lowest BCUT2D eigenvalue weighted by Crippen LogP contribution is -2.50. The summed E-state index contributed by atoms with van der Waals surface area (Å²) in [5.74, 6) is 2.43. The van der Waals surface area contributed by atoms with E-state index in [2.05, 4.69) is 44.9 Å². The van der Waals surface area contributed by atoms with Gasteiger partial charge in [0.2, 0.25) is 11.8 Å². The fourth-order valence-electron chi connectivity index (χ4n) is 7.22. The molecule has 2 N–H and O–H groups in total. The fraction of sp³-hybridized carbons (Fsp3) is 0.680. The number of hydrazine groups is 1. The van der Waals surface area contributed by atoms with E-state index >= 15 is 0 Å². The highest BCUT2D eigenvalue weighted by atomic mass is 16.2. The molecule has 168 valence electrons. The number of rotatable bonds is 6. The van der Waals surface area contributed by atoms with Crippen LogP contribution in [0.5, 0.6) is 0 Å². The van der Waals surface area contributed by atoms with E-state index in [1.54, 1.807) is 0 Å². The number of piperazine rings is 1. The van der Waals surface area contributed by atoms with Gasteiger partial charge in [-0.15, -0.1) is 0 Å². The lowest BCUT2D eigenvalue weighted by atomic mass is 9.49. The third kappa shape index (κ3) is 4.89. The molecule has 1 aliphatic heterocycles. The maximum Gasteiger partial charge on any atom is 0.239 e. The standard InChI is InChI=1S/C25H36N4O2/c30-23(6-7-28-8-10-29(11-9-28)22-4-2-1-3-5-22)26-27-24(31)18-25-15-19-12-20(16-25)14-21(13-19)17-25/h1-5,19-21H,6-18H2,(H,26,30)(H,27,31). The lowest BCUT2D eigenvalue weighted by Gasteiger charge is -2.56. The Balaban J connectivity index is 1.000. The van der Waals surface area contributed by atoms with E-state index in [-0.39, 0.29) is 17.2 Å². The molecule has 6 nitrogen and oxygen atoms in total. The molecule has 6 rings (SSSR count). The van der Waals surface area contributed by atoms with Crippen LogP contribution in [0.4, 0.5) is 5.69 Å². The maximum atomic E-state index is 12.6. The zero-order valence-electron chi connectivity index (χ0n) is 18.5. The smallest absolute Gasteiger partial charge is 0.239 e. The van der Waals surface area contributed by atoms with Crippen molar-refractivity contribution in [2.45, 2.75) is 51.4 Å². The molecule has 4 aliphatic carbocycles. The monoisotopic (exact) mass is 424 g/mol. The van der Waals surface area contributed by atoms with Gasteiger partial charge in [-0.25, -0.2) is 0 Å². The first kappa shape index (κ1) is 20.8. The topological polar surface area (TPSA) is 64.7 Å². The summed E-state index contributed by atoms with van der Waals surface area (Å²) in [7, 11) is 0. The second kappa shape index (κ2) is 8.81. The Morgan fingerprint density at radius 3 is 2.03 bits per heavy atom. The van der Waals surface area contributed by atoms with Crippen LogP contribution >= 0.6 is 0 Å². The molecular weight excluding hydrogens is 388 g/mol. The normalized spacial score (nSPS) is 32.1. The van der Waals surface area contributed by atoms with E-state index in [4.69, 9.17) is 0 Å². The van der Waals surface area contributed by atoms with Crippen LogP contribution in [0, 0.1) is 23.2 Å². The van der Waals surface area contributed by atoms with Gasteiger partial charge in [-0.3, -0.25) is 25.3 Å². The zero-order valence-corrected chi connectivity index (χ0v) is 18.5. The molecule has 1 aromatic carbocycles. The summed E-state index contributed by atoms with van der Waals surface area (Å²) < 4.78 is 0. The minimum Gasteiger partial charge on any atom is -0.369 e. The van der Waals surface area contributed by atoms with Crippen molar-refractivity contribution in [2.24, 2.45) is 23.2 Å². The highest BCUT2D eigenvalue weighted by molar-refractivity contribution is 5.82. The van der Waals surface area contributed by atoms with E-state index in [1.807, 2.05) is 6.07 Å². The van der Waals surface area contributed by atoms with Gasteiger partial charge in [-0.05, 0) is 73.8 Å². The van der Waals surface area contributed by atoms with Crippen molar-refractivity contribution in [1.82, 2.24) is 15.8 Å². The van der Waals surface area contributed by atoms with Crippen LogP contribution in [0.15, 0.2) is 30.3 Å². The number of nitrogens with one attached hydrogen (secondary N) is 2. The number of nitrogens with zero attached hydrogens (tertiary/aromatic N) is 2. The fourth-order valence-corrected chi connectivity index (χ4v) is 7.22. The highest BCUT2D eigenvalue weighted by Gasteiger charge is 2.51. The van der Waals surface area contributed by atoms with Crippen molar-refractivity contribution in [1.29, 1.82) is 0 Å². The Morgan fingerprint density at radius 1 is 0.839 bits per heavy atom. The minimum absolute atomic E-state index is 0.00762. The third-order valence-corrected chi connectivity index (χ3v) is 8.19. The predicted octanol–water partition coefficient (Wildman–Crippen LogP) is 2.95. The number of benzene rings is 1. The van der Waals surface area contributed by atoms with Gasteiger partial charge in [0.15, 0.2) is 0 Å². The van der Waals surface area contributed by atoms with E-state index in [9.17, 15) is 9.59 Å². The van der Waals surface area contributed by atoms with Crippen molar-refractivity contribution >= 4 is 17.5 Å². The van der Waals surface area contributed by atoms with Crippen LogP contribution in [0.3, 0.4) is 0 Å². The van der Waals surface area contributed by atoms with Crippen molar-refractivity contribution < 1.29 is 9.59 Å². The van der Waals surface area contributed by atoms with Crippen LogP contribution in [-0.2, 0) is 9.59 Å². The van der Waals surface area contributed by atoms with Gasteiger partial charge in [0.05, 0.1) is 0 Å². The predicted molar refractivity (Wildman–Crippen MR) is 121 cm³/mol.